The van der Waals surface area contributed by atoms with Crippen molar-refractivity contribution in [1.29, 1.82) is 0 Å². The summed E-state index contributed by atoms with van der Waals surface area (Å²) in [6.07, 6.45) is 6.74. The number of carbonyl (C=O) groups is 2. The van der Waals surface area contributed by atoms with Gasteiger partial charge in [-0.2, -0.15) is 0 Å². The first-order chi connectivity index (χ1) is 20.5. The molecule has 0 saturated heterocycles. The predicted octanol–water partition coefficient (Wildman–Crippen LogP) is 5.04. The van der Waals surface area contributed by atoms with E-state index in [0.29, 0.717) is 24.6 Å². The lowest BCUT2D eigenvalue weighted by molar-refractivity contribution is -0.130. The minimum Gasteiger partial charge on any atom is -0.369 e. The summed E-state index contributed by atoms with van der Waals surface area (Å²) in [6, 6.07) is 25.7. The number of hydrogen-bond acceptors (Lipinski definition) is 6. The molecule has 2 N–H and O–H groups in total. The minimum atomic E-state index is -0.634. The normalized spacial score (nSPS) is 19.9. The van der Waals surface area contributed by atoms with Crippen LogP contribution in [-0.4, -0.2) is 37.5 Å². The van der Waals surface area contributed by atoms with E-state index in [0.717, 1.165) is 40.1 Å². The van der Waals surface area contributed by atoms with E-state index in [9.17, 15) is 9.59 Å². The summed E-state index contributed by atoms with van der Waals surface area (Å²) in [5.41, 5.74) is 11.8. The van der Waals surface area contributed by atoms with Gasteiger partial charge in [0, 0.05) is 18.0 Å². The van der Waals surface area contributed by atoms with Gasteiger partial charge in [-0.05, 0) is 40.7 Å². The van der Waals surface area contributed by atoms with Gasteiger partial charge in [0.25, 0.3) is 5.91 Å². The molecule has 0 spiro atoms. The number of nitrogens with zero attached hydrogens (tertiary/aromatic N) is 5. The zero-order valence-electron chi connectivity index (χ0n) is 23.3. The number of benzene rings is 3. The first-order valence-corrected chi connectivity index (χ1v) is 14.5. The number of aliphatic imine (C=N–C) groups is 1. The molecule has 8 nitrogen and oxygen atoms in total. The predicted molar refractivity (Wildman–Crippen MR) is 160 cm³/mol. The molecule has 8 heteroatoms. The lowest BCUT2D eigenvalue weighted by Gasteiger charge is -2.38. The molecule has 0 radical (unpaired) electrons. The lowest BCUT2D eigenvalue weighted by atomic mass is 9.81. The Labute approximate surface area is 244 Å². The molecule has 1 aromatic heterocycles. The fourth-order valence-corrected chi connectivity index (χ4v) is 6.22. The number of fused-ring (bicyclic) bond motifs is 1. The molecule has 210 valence electrons. The van der Waals surface area contributed by atoms with Crippen molar-refractivity contribution in [3.05, 3.63) is 119 Å². The smallest absolute Gasteiger partial charge is 0.255 e. The van der Waals surface area contributed by atoms with Crippen LogP contribution in [0.3, 0.4) is 0 Å². The Balaban J connectivity index is 1.21. The number of hydrogen-bond donors (Lipinski definition) is 1. The molecule has 7 rings (SSSR count). The van der Waals surface area contributed by atoms with E-state index < -0.39 is 5.54 Å². The number of guanidine groups is 1. The first kappa shape index (κ1) is 26.1. The second kappa shape index (κ2) is 10.5. The second-order valence-electron chi connectivity index (χ2n) is 11.5. The van der Waals surface area contributed by atoms with Gasteiger partial charge in [0.05, 0.1) is 43.0 Å². The third kappa shape index (κ3) is 4.93. The summed E-state index contributed by atoms with van der Waals surface area (Å²) < 4.78 is 0. The van der Waals surface area contributed by atoms with Crippen LogP contribution in [0.5, 0.6) is 0 Å². The molecule has 1 aliphatic carbocycles. The molecule has 1 saturated carbocycles. The van der Waals surface area contributed by atoms with E-state index in [-0.39, 0.29) is 30.7 Å². The Kier molecular flexibility index (Phi) is 6.53. The quantitative estimate of drug-likeness (QED) is 0.343. The third-order valence-electron chi connectivity index (χ3n) is 8.55. The molecule has 3 heterocycles. The highest BCUT2D eigenvalue weighted by Crippen LogP contribution is 2.46. The van der Waals surface area contributed by atoms with Crippen molar-refractivity contribution >= 4 is 17.8 Å². The molecule has 42 heavy (non-hydrogen) atoms. The van der Waals surface area contributed by atoms with Crippen LogP contribution >= 0.6 is 0 Å². The summed E-state index contributed by atoms with van der Waals surface area (Å²) >= 11 is 0. The maximum absolute atomic E-state index is 14.0. The van der Waals surface area contributed by atoms with Crippen LogP contribution in [-0.2, 0) is 30.0 Å². The van der Waals surface area contributed by atoms with Crippen molar-refractivity contribution < 1.29 is 9.59 Å². The summed E-state index contributed by atoms with van der Waals surface area (Å²) in [5.74, 6) is 0.638. The molecule has 1 fully saturated rings. The van der Waals surface area contributed by atoms with Crippen LogP contribution in [0.15, 0.2) is 96.2 Å². The van der Waals surface area contributed by atoms with Gasteiger partial charge < -0.3 is 10.6 Å². The fraction of sp³-hybridized carbons (Fsp3) is 0.265. The van der Waals surface area contributed by atoms with Gasteiger partial charge in [0.15, 0.2) is 5.96 Å². The summed E-state index contributed by atoms with van der Waals surface area (Å²) in [6.45, 7) is 1.06. The van der Waals surface area contributed by atoms with Gasteiger partial charge in [-0.25, -0.2) is 4.99 Å². The van der Waals surface area contributed by atoms with Gasteiger partial charge in [0.2, 0.25) is 5.91 Å². The van der Waals surface area contributed by atoms with Gasteiger partial charge in [-0.15, -0.1) is 0 Å². The zero-order chi connectivity index (χ0) is 28.7. The number of aromatic nitrogens is 2. The Hall–Kier alpha value is -4.85. The third-order valence-corrected chi connectivity index (χ3v) is 8.55. The summed E-state index contributed by atoms with van der Waals surface area (Å²) in [7, 11) is 0. The van der Waals surface area contributed by atoms with Crippen molar-refractivity contribution in [2.45, 2.75) is 50.9 Å². The molecule has 0 unspecified atom stereocenters. The van der Waals surface area contributed by atoms with E-state index in [1.54, 1.807) is 22.2 Å². The van der Waals surface area contributed by atoms with E-state index in [4.69, 9.17) is 10.7 Å². The molecular formula is C34H32N6O2. The standard InChI is InChI=1S/C34H32N6O2/c35-33-38-34(18-23-11-12-23,26-9-5-2-6-10-26)19-31(41)40(33)20-24-13-14-27(25-7-3-1-4-8-25)28(17-24)32(42)39-21-29-30(22-39)37-16-15-36-29/h1-10,13-17,23H,11-12,18-22H2,(H2,35,38)/t34-/m0/s1. The van der Waals surface area contributed by atoms with Gasteiger partial charge >= 0.3 is 0 Å². The monoisotopic (exact) mass is 556 g/mol. The van der Waals surface area contributed by atoms with E-state index in [1.807, 2.05) is 78.9 Å². The molecule has 2 amide bonds. The number of carbonyl (C=O) groups excluding carboxylic acids is 2. The van der Waals surface area contributed by atoms with Crippen molar-refractivity contribution in [3.63, 3.8) is 0 Å². The Morgan fingerprint density at radius 1 is 0.905 bits per heavy atom. The van der Waals surface area contributed by atoms with Crippen LogP contribution in [0.25, 0.3) is 11.1 Å². The van der Waals surface area contributed by atoms with Crippen LogP contribution in [0.4, 0.5) is 0 Å². The Morgan fingerprint density at radius 3 is 2.21 bits per heavy atom. The highest BCUT2D eigenvalue weighted by molar-refractivity contribution is 6.02. The average Bonchev–Trinajstić information content (AvgIpc) is 3.72. The molecule has 3 aliphatic rings. The highest BCUT2D eigenvalue weighted by Gasteiger charge is 2.44. The van der Waals surface area contributed by atoms with Crippen LogP contribution in [0.2, 0.25) is 0 Å². The summed E-state index contributed by atoms with van der Waals surface area (Å²) in [5, 5.41) is 0. The Bertz CT molecular complexity index is 1660. The number of nitrogens with two attached hydrogens (primary N) is 1. The van der Waals surface area contributed by atoms with E-state index >= 15 is 0 Å². The molecule has 2 aliphatic heterocycles. The van der Waals surface area contributed by atoms with Crippen molar-refractivity contribution in [2.24, 2.45) is 16.6 Å². The average molecular weight is 557 g/mol. The lowest BCUT2D eigenvalue weighted by Crippen LogP contribution is -2.50. The van der Waals surface area contributed by atoms with Crippen molar-refractivity contribution in [1.82, 2.24) is 19.8 Å². The fourth-order valence-electron chi connectivity index (χ4n) is 6.22. The molecular weight excluding hydrogens is 524 g/mol. The maximum Gasteiger partial charge on any atom is 0.255 e. The highest BCUT2D eigenvalue weighted by atomic mass is 16.2. The topological polar surface area (TPSA) is 105 Å². The van der Waals surface area contributed by atoms with Gasteiger partial charge in [-0.1, -0.05) is 85.6 Å². The molecule has 0 bridgehead atoms. The zero-order valence-corrected chi connectivity index (χ0v) is 23.3. The van der Waals surface area contributed by atoms with Crippen LogP contribution in [0.1, 0.15) is 58.6 Å². The van der Waals surface area contributed by atoms with Gasteiger partial charge in [-0.3, -0.25) is 24.5 Å². The number of rotatable bonds is 7. The van der Waals surface area contributed by atoms with E-state index in [2.05, 4.69) is 9.97 Å². The largest absolute Gasteiger partial charge is 0.369 e. The molecule has 4 aromatic rings. The van der Waals surface area contributed by atoms with Crippen LogP contribution < -0.4 is 5.73 Å². The summed E-state index contributed by atoms with van der Waals surface area (Å²) in [4.78, 5) is 44.8. The van der Waals surface area contributed by atoms with Crippen LogP contribution in [0, 0.1) is 5.92 Å². The van der Waals surface area contributed by atoms with E-state index in [1.165, 1.54) is 12.8 Å². The second-order valence-corrected chi connectivity index (χ2v) is 11.5. The van der Waals surface area contributed by atoms with Crippen molar-refractivity contribution in [3.8, 4) is 11.1 Å². The number of amides is 2. The van der Waals surface area contributed by atoms with Crippen molar-refractivity contribution in [2.75, 3.05) is 0 Å². The minimum absolute atomic E-state index is 0.0563. The molecule has 1 atom stereocenters. The maximum atomic E-state index is 14.0. The SMILES string of the molecule is NC1=N[C@](CC2CC2)(c2ccccc2)CC(=O)N1Cc1ccc(-c2ccccc2)c(C(=O)N2Cc3nccnc3C2)c1. The first-order valence-electron chi connectivity index (χ1n) is 14.5. The molecule has 3 aromatic carbocycles. The Morgan fingerprint density at radius 2 is 1.57 bits per heavy atom. The van der Waals surface area contributed by atoms with Gasteiger partial charge in [0.1, 0.15) is 0 Å².